The van der Waals surface area contributed by atoms with Crippen LogP contribution in [0.3, 0.4) is 0 Å². The summed E-state index contributed by atoms with van der Waals surface area (Å²) < 4.78 is 1.10. The maximum atomic E-state index is 6.02. The van der Waals surface area contributed by atoms with Crippen LogP contribution in [0.4, 0.5) is 5.82 Å². The van der Waals surface area contributed by atoms with Crippen LogP contribution in [0.25, 0.3) is 0 Å². The minimum Gasteiger partial charge on any atom is -0.355 e. The molecule has 0 aliphatic rings. The molecule has 3 nitrogen and oxygen atoms in total. The van der Waals surface area contributed by atoms with Gasteiger partial charge in [0.15, 0.2) is 0 Å². The molecule has 100 valence electrons. The lowest BCUT2D eigenvalue weighted by atomic mass is 10.2. The van der Waals surface area contributed by atoms with Crippen molar-refractivity contribution in [2.75, 3.05) is 11.9 Å². The summed E-state index contributed by atoms with van der Waals surface area (Å²) in [7, 11) is 2.00. The maximum absolute atomic E-state index is 6.02. The van der Waals surface area contributed by atoms with Crippen molar-refractivity contribution in [2.45, 2.75) is 19.9 Å². The van der Waals surface area contributed by atoms with Crippen LogP contribution in [-0.2, 0) is 13.0 Å². The first-order chi connectivity index (χ1) is 9.10. The van der Waals surface area contributed by atoms with Crippen LogP contribution in [0.5, 0.6) is 0 Å². The Bertz CT molecular complexity index is 574. The molecule has 0 spiro atoms. The van der Waals surface area contributed by atoms with Gasteiger partial charge in [0, 0.05) is 30.6 Å². The molecule has 0 amide bonds. The second-order valence-electron chi connectivity index (χ2n) is 4.27. The molecule has 1 aromatic carbocycles. The van der Waals surface area contributed by atoms with E-state index in [2.05, 4.69) is 36.9 Å². The highest BCUT2D eigenvalue weighted by molar-refractivity contribution is 9.10. The number of anilines is 1. The van der Waals surface area contributed by atoms with E-state index in [-0.39, 0.29) is 0 Å². The van der Waals surface area contributed by atoms with Crippen molar-refractivity contribution in [3.63, 3.8) is 0 Å². The molecule has 1 aromatic heterocycles. The molecule has 0 N–H and O–H groups in total. The van der Waals surface area contributed by atoms with E-state index in [0.717, 1.165) is 29.1 Å². The lowest BCUT2D eigenvalue weighted by Gasteiger charge is -2.19. The fourth-order valence-corrected chi connectivity index (χ4v) is 2.37. The molecular formula is C14H15BrClN3. The Kier molecular flexibility index (Phi) is 4.77. The second kappa shape index (κ2) is 6.35. The number of halogens is 2. The third kappa shape index (κ3) is 3.67. The Labute approximate surface area is 126 Å². The van der Waals surface area contributed by atoms with E-state index in [1.807, 2.05) is 32.2 Å². The zero-order valence-electron chi connectivity index (χ0n) is 10.9. The Hall–Kier alpha value is -1.13. The van der Waals surface area contributed by atoms with Gasteiger partial charge in [-0.15, -0.1) is 0 Å². The fourth-order valence-electron chi connectivity index (χ4n) is 1.77. The van der Waals surface area contributed by atoms with Gasteiger partial charge in [-0.2, -0.15) is 0 Å². The molecule has 0 bridgehead atoms. The third-order valence-corrected chi connectivity index (χ3v) is 3.77. The average molecular weight is 341 g/mol. The predicted molar refractivity (Wildman–Crippen MR) is 82.7 cm³/mol. The van der Waals surface area contributed by atoms with E-state index in [4.69, 9.17) is 11.6 Å². The summed E-state index contributed by atoms with van der Waals surface area (Å²) in [6, 6.07) is 9.94. The van der Waals surface area contributed by atoms with E-state index in [9.17, 15) is 0 Å². The van der Waals surface area contributed by atoms with Gasteiger partial charge in [-0.1, -0.05) is 52.7 Å². The van der Waals surface area contributed by atoms with Crippen molar-refractivity contribution in [2.24, 2.45) is 0 Å². The normalized spacial score (nSPS) is 10.5. The average Bonchev–Trinajstić information content (AvgIpc) is 2.40. The SMILES string of the molecule is CCc1nc(Cl)cc(N(C)Cc2ccccc2Br)n1. The van der Waals surface area contributed by atoms with Gasteiger partial charge in [-0.25, -0.2) is 9.97 Å². The molecule has 2 aromatic rings. The number of hydrogen-bond acceptors (Lipinski definition) is 3. The molecule has 0 radical (unpaired) electrons. The molecule has 0 aliphatic carbocycles. The van der Waals surface area contributed by atoms with Gasteiger partial charge in [-0.3, -0.25) is 0 Å². The third-order valence-electron chi connectivity index (χ3n) is 2.80. The highest BCUT2D eigenvalue weighted by Gasteiger charge is 2.09. The molecule has 0 saturated heterocycles. The number of benzene rings is 1. The predicted octanol–water partition coefficient (Wildman–Crippen LogP) is 4.09. The topological polar surface area (TPSA) is 29.0 Å². The number of aromatic nitrogens is 2. The van der Waals surface area contributed by atoms with E-state index < -0.39 is 0 Å². The first kappa shape index (κ1) is 14.3. The monoisotopic (exact) mass is 339 g/mol. The molecule has 1 heterocycles. The van der Waals surface area contributed by atoms with Crippen LogP contribution in [0.15, 0.2) is 34.8 Å². The lowest BCUT2D eigenvalue weighted by Crippen LogP contribution is -2.18. The molecular weight excluding hydrogens is 326 g/mol. The summed E-state index contributed by atoms with van der Waals surface area (Å²) >= 11 is 9.57. The Morgan fingerprint density at radius 1 is 1.26 bits per heavy atom. The van der Waals surface area contributed by atoms with Crippen LogP contribution in [0, 0.1) is 0 Å². The number of nitrogens with zero attached hydrogens (tertiary/aromatic N) is 3. The minimum absolute atomic E-state index is 0.487. The summed E-state index contributed by atoms with van der Waals surface area (Å²) in [6.07, 6.45) is 0.774. The Morgan fingerprint density at radius 3 is 2.68 bits per heavy atom. The molecule has 0 saturated carbocycles. The van der Waals surface area contributed by atoms with E-state index in [0.29, 0.717) is 5.15 Å². The zero-order valence-corrected chi connectivity index (χ0v) is 13.2. The van der Waals surface area contributed by atoms with Gasteiger partial charge in [0.25, 0.3) is 0 Å². The highest BCUT2D eigenvalue weighted by atomic mass is 79.9. The van der Waals surface area contributed by atoms with Crippen molar-refractivity contribution in [1.29, 1.82) is 0 Å². The van der Waals surface area contributed by atoms with Gasteiger partial charge >= 0.3 is 0 Å². The second-order valence-corrected chi connectivity index (χ2v) is 5.51. The fraction of sp³-hybridized carbons (Fsp3) is 0.286. The molecule has 0 fully saturated rings. The molecule has 19 heavy (non-hydrogen) atoms. The Balaban J connectivity index is 2.22. The minimum atomic E-state index is 0.487. The van der Waals surface area contributed by atoms with Gasteiger partial charge in [0.05, 0.1) is 0 Å². The lowest BCUT2D eigenvalue weighted by molar-refractivity contribution is 0.856. The van der Waals surface area contributed by atoms with Gasteiger partial charge in [0.1, 0.15) is 16.8 Å². The first-order valence-electron chi connectivity index (χ1n) is 6.08. The van der Waals surface area contributed by atoms with Crippen LogP contribution < -0.4 is 4.90 Å². The van der Waals surface area contributed by atoms with E-state index in [1.165, 1.54) is 5.56 Å². The Morgan fingerprint density at radius 2 is 2.00 bits per heavy atom. The molecule has 2 rings (SSSR count). The molecule has 0 aliphatic heterocycles. The summed E-state index contributed by atoms with van der Waals surface area (Å²) in [5.41, 5.74) is 1.21. The largest absolute Gasteiger partial charge is 0.355 e. The number of hydrogen-bond donors (Lipinski definition) is 0. The number of aryl methyl sites for hydroxylation is 1. The van der Waals surface area contributed by atoms with Crippen molar-refractivity contribution in [1.82, 2.24) is 9.97 Å². The zero-order chi connectivity index (χ0) is 13.8. The molecule has 0 unspecified atom stereocenters. The van der Waals surface area contributed by atoms with Gasteiger partial charge < -0.3 is 4.90 Å². The summed E-state index contributed by atoms with van der Waals surface area (Å²) in [6.45, 7) is 2.78. The standard InChI is InChI=1S/C14H15BrClN3/c1-3-13-17-12(16)8-14(18-13)19(2)9-10-6-4-5-7-11(10)15/h4-8H,3,9H2,1-2H3. The summed E-state index contributed by atoms with van der Waals surface area (Å²) in [4.78, 5) is 10.7. The quantitative estimate of drug-likeness (QED) is 0.785. The van der Waals surface area contributed by atoms with E-state index >= 15 is 0 Å². The number of rotatable bonds is 4. The van der Waals surface area contributed by atoms with Crippen molar-refractivity contribution >= 4 is 33.3 Å². The van der Waals surface area contributed by atoms with Crippen molar-refractivity contribution < 1.29 is 0 Å². The highest BCUT2D eigenvalue weighted by Crippen LogP contribution is 2.21. The summed E-state index contributed by atoms with van der Waals surface area (Å²) in [5.74, 6) is 1.61. The summed E-state index contributed by atoms with van der Waals surface area (Å²) in [5, 5.41) is 0.487. The van der Waals surface area contributed by atoms with Crippen LogP contribution in [0.2, 0.25) is 5.15 Å². The smallest absolute Gasteiger partial charge is 0.134 e. The van der Waals surface area contributed by atoms with Crippen LogP contribution >= 0.6 is 27.5 Å². The van der Waals surface area contributed by atoms with Gasteiger partial charge in [-0.05, 0) is 11.6 Å². The van der Waals surface area contributed by atoms with Crippen LogP contribution in [0.1, 0.15) is 18.3 Å². The van der Waals surface area contributed by atoms with Crippen molar-refractivity contribution in [3.05, 3.63) is 51.3 Å². The maximum Gasteiger partial charge on any atom is 0.134 e. The molecule has 0 atom stereocenters. The van der Waals surface area contributed by atoms with Crippen molar-refractivity contribution in [3.8, 4) is 0 Å². The first-order valence-corrected chi connectivity index (χ1v) is 7.25. The molecule has 5 heteroatoms. The van der Waals surface area contributed by atoms with Gasteiger partial charge in [0.2, 0.25) is 0 Å². The van der Waals surface area contributed by atoms with Crippen LogP contribution in [-0.4, -0.2) is 17.0 Å². The van der Waals surface area contributed by atoms with E-state index in [1.54, 1.807) is 6.07 Å².